The standard InChI is InChI=1S/C9H9NO.C9H9NS.C9H9N/c2*1-10-6-7-11-9-5-3-2-4-8(9)10;1-10-7-6-8-4-2-3-5-9(8)10/h2*2-7H,1H3;2-7H,1H3. The molecule has 0 spiro atoms. The van der Waals surface area contributed by atoms with Crippen LogP contribution in [0.25, 0.3) is 10.9 Å². The van der Waals surface area contributed by atoms with Crippen LogP contribution in [0.15, 0.2) is 114 Å². The molecule has 4 aromatic rings. The van der Waals surface area contributed by atoms with Gasteiger partial charge in [0.05, 0.1) is 11.4 Å². The average molecular weight is 442 g/mol. The van der Waals surface area contributed by atoms with E-state index in [1.54, 1.807) is 18.0 Å². The number of hydrogen-bond acceptors (Lipinski definition) is 4. The Morgan fingerprint density at radius 2 is 1.38 bits per heavy atom. The lowest BCUT2D eigenvalue weighted by molar-refractivity contribution is 0.471. The van der Waals surface area contributed by atoms with Crippen LogP contribution < -0.4 is 14.5 Å². The number of thioether (sulfide) groups is 1. The Balaban J connectivity index is 0.000000115. The molecule has 0 N–H and O–H groups in total. The van der Waals surface area contributed by atoms with Gasteiger partial charge in [-0.25, -0.2) is 0 Å². The second-order valence-electron chi connectivity index (χ2n) is 7.45. The van der Waals surface area contributed by atoms with Crippen LogP contribution in [0.2, 0.25) is 0 Å². The summed E-state index contributed by atoms with van der Waals surface area (Å²) in [6.45, 7) is 0. The van der Waals surface area contributed by atoms with E-state index in [1.165, 1.54) is 21.5 Å². The molecule has 4 nitrogen and oxygen atoms in total. The summed E-state index contributed by atoms with van der Waals surface area (Å²) in [5.41, 5.74) is 3.69. The van der Waals surface area contributed by atoms with E-state index < -0.39 is 0 Å². The Kier molecular flexibility index (Phi) is 6.87. The van der Waals surface area contributed by atoms with Crippen molar-refractivity contribution in [2.45, 2.75) is 4.90 Å². The summed E-state index contributed by atoms with van der Waals surface area (Å²) in [5.74, 6) is 0.914. The van der Waals surface area contributed by atoms with E-state index >= 15 is 0 Å². The van der Waals surface area contributed by atoms with Crippen LogP contribution >= 0.6 is 11.8 Å². The van der Waals surface area contributed by atoms with Crippen molar-refractivity contribution in [1.29, 1.82) is 0 Å². The molecule has 32 heavy (non-hydrogen) atoms. The first-order chi connectivity index (χ1) is 15.6. The zero-order valence-corrected chi connectivity index (χ0v) is 19.4. The van der Waals surface area contributed by atoms with Gasteiger partial charge >= 0.3 is 0 Å². The van der Waals surface area contributed by atoms with Gasteiger partial charge in [0.25, 0.3) is 0 Å². The Morgan fingerprint density at radius 3 is 2.16 bits per heavy atom. The van der Waals surface area contributed by atoms with E-state index in [-0.39, 0.29) is 0 Å². The van der Waals surface area contributed by atoms with Gasteiger partial charge in [-0.15, -0.1) is 0 Å². The molecule has 0 saturated carbocycles. The highest BCUT2D eigenvalue weighted by Crippen LogP contribution is 2.33. The normalized spacial score (nSPS) is 13.2. The van der Waals surface area contributed by atoms with Crippen molar-refractivity contribution < 1.29 is 4.74 Å². The summed E-state index contributed by atoms with van der Waals surface area (Å²) in [4.78, 5) is 5.49. The van der Waals surface area contributed by atoms with Crippen LogP contribution in [-0.4, -0.2) is 18.7 Å². The van der Waals surface area contributed by atoms with Crippen molar-refractivity contribution in [3.63, 3.8) is 0 Å². The number of ether oxygens (including phenoxy) is 1. The molecule has 0 bridgehead atoms. The third kappa shape index (κ3) is 5.01. The van der Waals surface area contributed by atoms with Gasteiger partial charge in [0.2, 0.25) is 0 Å². The molecule has 0 saturated heterocycles. The first-order valence-electron chi connectivity index (χ1n) is 10.4. The second kappa shape index (κ2) is 10.2. The smallest absolute Gasteiger partial charge is 0.150 e. The third-order valence-corrected chi connectivity index (χ3v) is 6.10. The summed E-state index contributed by atoms with van der Waals surface area (Å²) in [5, 5.41) is 3.41. The molecule has 3 aromatic carbocycles. The number of nitrogens with zero attached hydrogens (tertiary/aromatic N) is 3. The van der Waals surface area contributed by atoms with Gasteiger partial charge < -0.3 is 19.1 Å². The molecule has 0 fully saturated rings. The van der Waals surface area contributed by atoms with E-state index in [1.807, 2.05) is 42.4 Å². The van der Waals surface area contributed by atoms with Gasteiger partial charge in [-0.2, -0.15) is 0 Å². The fourth-order valence-corrected chi connectivity index (χ4v) is 4.35. The number of anilines is 2. The minimum absolute atomic E-state index is 0.914. The maximum Gasteiger partial charge on any atom is 0.150 e. The van der Waals surface area contributed by atoms with Gasteiger partial charge in [0, 0.05) is 50.2 Å². The molecular formula is C27H27N3OS. The number of aromatic nitrogens is 1. The Bertz CT molecular complexity index is 1180. The van der Waals surface area contributed by atoms with E-state index in [4.69, 9.17) is 4.74 Å². The van der Waals surface area contributed by atoms with Crippen LogP contribution in [0.1, 0.15) is 0 Å². The lowest BCUT2D eigenvalue weighted by atomic mass is 10.2. The summed E-state index contributed by atoms with van der Waals surface area (Å²) < 4.78 is 7.39. The predicted molar refractivity (Wildman–Crippen MR) is 137 cm³/mol. The first-order valence-corrected chi connectivity index (χ1v) is 11.3. The molecule has 0 amide bonds. The summed E-state index contributed by atoms with van der Waals surface area (Å²) in [7, 11) is 6.12. The molecule has 1 aromatic heterocycles. The molecule has 5 heteroatoms. The zero-order valence-electron chi connectivity index (χ0n) is 18.6. The number of fused-ring (bicyclic) bond motifs is 3. The number of para-hydroxylation sites is 4. The minimum Gasteiger partial charge on any atom is -0.461 e. The first kappa shape index (κ1) is 21.7. The highest BCUT2D eigenvalue weighted by atomic mass is 32.2. The van der Waals surface area contributed by atoms with Crippen molar-refractivity contribution in [2.24, 2.45) is 7.05 Å². The van der Waals surface area contributed by atoms with E-state index in [0.717, 1.165) is 11.4 Å². The Morgan fingerprint density at radius 1 is 0.688 bits per heavy atom. The van der Waals surface area contributed by atoms with Gasteiger partial charge in [-0.3, -0.25) is 0 Å². The van der Waals surface area contributed by atoms with Crippen LogP contribution in [0.5, 0.6) is 5.75 Å². The van der Waals surface area contributed by atoms with E-state index in [0.29, 0.717) is 0 Å². The molecular weight excluding hydrogens is 414 g/mol. The van der Waals surface area contributed by atoms with Crippen molar-refractivity contribution >= 4 is 34.0 Å². The monoisotopic (exact) mass is 441 g/mol. The molecule has 2 aliphatic heterocycles. The molecule has 2 aliphatic rings. The number of hydrogen-bond donors (Lipinski definition) is 0. The van der Waals surface area contributed by atoms with Crippen LogP contribution in [-0.2, 0) is 7.05 Å². The third-order valence-electron chi connectivity index (χ3n) is 5.24. The quantitative estimate of drug-likeness (QED) is 0.297. The lowest BCUT2D eigenvalue weighted by Crippen LogP contribution is -2.12. The highest BCUT2D eigenvalue weighted by molar-refractivity contribution is 8.02. The van der Waals surface area contributed by atoms with Crippen molar-refractivity contribution in [1.82, 2.24) is 4.57 Å². The molecule has 0 radical (unpaired) electrons. The van der Waals surface area contributed by atoms with Crippen molar-refractivity contribution in [2.75, 3.05) is 23.9 Å². The zero-order chi connectivity index (χ0) is 22.3. The number of benzene rings is 3. The maximum atomic E-state index is 5.27. The Labute approximate surface area is 194 Å². The summed E-state index contributed by atoms with van der Waals surface area (Å²) in [6, 6.07) is 26.8. The number of rotatable bonds is 0. The van der Waals surface area contributed by atoms with E-state index in [2.05, 4.69) is 96.0 Å². The van der Waals surface area contributed by atoms with Gasteiger partial charge in [-0.1, -0.05) is 54.2 Å². The topological polar surface area (TPSA) is 20.6 Å². The summed E-state index contributed by atoms with van der Waals surface area (Å²) >= 11 is 1.77. The maximum absolute atomic E-state index is 5.27. The molecule has 0 aliphatic carbocycles. The predicted octanol–water partition coefficient (Wildman–Crippen LogP) is 6.86. The number of aryl methyl sites for hydroxylation is 1. The van der Waals surface area contributed by atoms with Crippen LogP contribution in [0.3, 0.4) is 0 Å². The molecule has 3 heterocycles. The largest absolute Gasteiger partial charge is 0.461 e. The Hall–Kier alpha value is -3.57. The molecule has 162 valence electrons. The average Bonchev–Trinajstić information content (AvgIpc) is 3.22. The lowest BCUT2D eigenvalue weighted by Gasteiger charge is -2.20. The second-order valence-corrected chi connectivity index (χ2v) is 8.40. The molecule has 6 rings (SSSR count). The van der Waals surface area contributed by atoms with Gasteiger partial charge in [0.15, 0.2) is 0 Å². The van der Waals surface area contributed by atoms with E-state index in [9.17, 15) is 0 Å². The van der Waals surface area contributed by atoms with Gasteiger partial charge in [0.1, 0.15) is 12.0 Å². The van der Waals surface area contributed by atoms with Crippen LogP contribution in [0, 0.1) is 0 Å². The van der Waals surface area contributed by atoms with Crippen molar-refractivity contribution in [3.8, 4) is 5.75 Å². The molecule has 0 atom stereocenters. The van der Waals surface area contributed by atoms with Crippen LogP contribution in [0.4, 0.5) is 11.4 Å². The van der Waals surface area contributed by atoms with Gasteiger partial charge in [-0.05, 0) is 47.2 Å². The SMILES string of the molecule is CN1C=COc2ccccc21.CN1C=CSc2ccccc21.Cn1ccc2ccccc21. The summed E-state index contributed by atoms with van der Waals surface area (Å²) in [6.07, 6.45) is 7.72. The molecule has 0 unspecified atom stereocenters. The van der Waals surface area contributed by atoms with Crippen molar-refractivity contribution in [3.05, 3.63) is 109 Å². The highest BCUT2D eigenvalue weighted by Gasteiger charge is 2.08. The fourth-order valence-electron chi connectivity index (χ4n) is 3.47. The minimum atomic E-state index is 0.914. The fraction of sp³-hybridized carbons (Fsp3) is 0.111.